The third-order valence-corrected chi connectivity index (χ3v) is 12.5. The Morgan fingerprint density at radius 3 is 2.31 bits per heavy atom. The molecule has 0 spiro atoms. The number of benzene rings is 2. The van der Waals surface area contributed by atoms with Crippen LogP contribution in [0.25, 0.3) is 11.0 Å². The number of rotatable bonds is 8. The fourth-order valence-electron chi connectivity index (χ4n) is 4.41. The first-order valence-electron chi connectivity index (χ1n) is 12.6. The van der Waals surface area contributed by atoms with Gasteiger partial charge in [-0.1, -0.05) is 57.2 Å². The summed E-state index contributed by atoms with van der Waals surface area (Å²) >= 11 is 0. The van der Waals surface area contributed by atoms with Crippen molar-refractivity contribution in [3.05, 3.63) is 71.0 Å². The number of aryl methyl sites for hydroxylation is 1. The molecule has 0 radical (unpaired) electrons. The van der Waals surface area contributed by atoms with Crippen LogP contribution in [0.3, 0.4) is 0 Å². The number of hydrogen-bond donors (Lipinski definition) is 2. The van der Waals surface area contributed by atoms with Gasteiger partial charge in [-0.25, -0.2) is 0 Å². The molecule has 36 heavy (non-hydrogen) atoms. The number of carbonyl (C=O) groups is 2. The molecule has 0 bridgehead atoms. The van der Waals surface area contributed by atoms with Gasteiger partial charge in [-0.3, -0.25) is 9.59 Å². The van der Waals surface area contributed by atoms with Crippen molar-refractivity contribution >= 4 is 31.1 Å². The molecule has 192 valence electrons. The van der Waals surface area contributed by atoms with E-state index >= 15 is 0 Å². The van der Waals surface area contributed by atoms with Crippen molar-refractivity contribution in [3.63, 3.8) is 0 Å². The van der Waals surface area contributed by atoms with Gasteiger partial charge in [-0.2, -0.15) is 0 Å². The highest BCUT2D eigenvalue weighted by Gasteiger charge is 2.43. The second kappa shape index (κ2) is 9.20. The number of amides is 2. The summed E-state index contributed by atoms with van der Waals surface area (Å²) < 4.78 is 12.2. The summed E-state index contributed by atoms with van der Waals surface area (Å²) in [6, 6.07) is 16.6. The normalized spacial score (nSPS) is 19.6. The van der Waals surface area contributed by atoms with E-state index in [1.54, 1.807) is 13.8 Å². The topological polar surface area (TPSA) is 94.6 Å². The van der Waals surface area contributed by atoms with E-state index in [1.165, 1.54) is 11.1 Å². The Morgan fingerprint density at radius 1 is 1.06 bits per heavy atom. The highest BCUT2D eigenvalue weighted by Crippen LogP contribution is 2.55. The van der Waals surface area contributed by atoms with Gasteiger partial charge in [0.2, 0.25) is 5.91 Å². The maximum absolute atomic E-state index is 13.5. The Bertz CT molecular complexity index is 1290. The van der Waals surface area contributed by atoms with Gasteiger partial charge in [-0.15, -0.1) is 0 Å². The van der Waals surface area contributed by atoms with E-state index in [4.69, 9.17) is 14.6 Å². The van der Waals surface area contributed by atoms with Crippen molar-refractivity contribution in [2.24, 2.45) is 5.73 Å². The van der Waals surface area contributed by atoms with Crippen LogP contribution in [0.5, 0.6) is 0 Å². The molecule has 1 fully saturated rings. The molecule has 3 unspecified atom stereocenters. The first kappa shape index (κ1) is 26.2. The van der Waals surface area contributed by atoms with Crippen molar-refractivity contribution in [1.29, 1.82) is 0 Å². The lowest BCUT2D eigenvalue weighted by Gasteiger charge is -2.39. The van der Waals surface area contributed by atoms with E-state index in [1.807, 2.05) is 12.1 Å². The predicted octanol–water partition coefficient (Wildman–Crippen LogP) is 6.01. The van der Waals surface area contributed by atoms with Gasteiger partial charge in [0.1, 0.15) is 16.9 Å². The van der Waals surface area contributed by atoms with Crippen LogP contribution in [0.2, 0.25) is 18.1 Å². The molecule has 1 aliphatic carbocycles. The number of hydrogen-bond acceptors (Lipinski definition) is 4. The summed E-state index contributed by atoms with van der Waals surface area (Å²) in [7, 11) is -2.16. The van der Waals surface area contributed by atoms with Gasteiger partial charge >= 0.3 is 0 Å². The first-order chi connectivity index (χ1) is 16.7. The third kappa shape index (κ3) is 4.99. The molecular weight excluding hydrogens is 468 g/mol. The molecule has 2 amide bonds. The molecule has 3 atom stereocenters. The Hall–Kier alpha value is -2.90. The van der Waals surface area contributed by atoms with Crippen LogP contribution in [0.15, 0.2) is 52.9 Å². The number of carbonyl (C=O) groups excluding carboxylic acids is 2. The quantitative estimate of drug-likeness (QED) is 0.366. The average Bonchev–Trinajstić information content (AvgIpc) is 3.53. The lowest BCUT2D eigenvalue weighted by atomic mass is 9.99. The fraction of sp³-hybridized carbons (Fsp3) is 0.448. The summed E-state index contributed by atoms with van der Waals surface area (Å²) in [5.74, 6) is 0.381. The summed E-state index contributed by atoms with van der Waals surface area (Å²) in [6.45, 7) is 14.0. The van der Waals surface area contributed by atoms with Crippen LogP contribution >= 0.6 is 0 Å². The minimum absolute atomic E-state index is 0.0193. The Labute approximate surface area is 214 Å². The van der Waals surface area contributed by atoms with Gasteiger partial charge in [0.25, 0.3) is 5.91 Å². The van der Waals surface area contributed by atoms with Crippen LogP contribution in [-0.2, 0) is 9.22 Å². The number of fused-ring (bicyclic) bond motifs is 1. The van der Waals surface area contributed by atoms with Gasteiger partial charge in [-0.05, 0) is 73.5 Å². The van der Waals surface area contributed by atoms with Gasteiger partial charge in [0.05, 0.1) is 12.2 Å². The number of primary amides is 1. The zero-order valence-corrected chi connectivity index (χ0v) is 23.4. The second-order valence-corrected chi connectivity index (χ2v) is 16.7. The van der Waals surface area contributed by atoms with Crippen molar-refractivity contribution in [1.82, 2.24) is 5.32 Å². The lowest BCUT2D eigenvalue weighted by molar-refractivity contribution is -0.124. The first-order valence-corrected chi connectivity index (χ1v) is 15.5. The van der Waals surface area contributed by atoms with Gasteiger partial charge in [0.15, 0.2) is 8.32 Å². The maximum Gasteiger partial charge on any atom is 0.256 e. The zero-order chi connectivity index (χ0) is 26.5. The van der Waals surface area contributed by atoms with E-state index in [0.29, 0.717) is 28.7 Å². The Morgan fingerprint density at radius 2 is 1.69 bits per heavy atom. The second-order valence-electron chi connectivity index (χ2n) is 11.8. The molecule has 0 saturated heterocycles. The van der Waals surface area contributed by atoms with E-state index in [-0.39, 0.29) is 17.6 Å². The molecule has 1 aromatic heterocycles. The van der Waals surface area contributed by atoms with Crippen molar-refractivity contribution in [2.75, 3.05) is 6.61 Å². The van der Waals surface area contributed by atoms with Crippen molar-refractivity contribution in [3.8, 4) is 0 Å². The Kier molecular flexibility index (Phi) is 6.68. The summed E-state index contributed by atoms with van der Waals surface area (Å²) in [4.78, 5) is 26.0. The summed E-state index contributed by atoms with van der Waals surface area (Å²) in [6.07, 6.45) is 1.08. The van der Waals surface area contributed by atoms with Crippen LogP contribution in [-0.4, -0.2) is 32.3 Å². The smallest absolute Gasteiger partial charge is 0.256 e. The number of nitrogens with one attached hydrogen (secondary N) is 1. The minimum Gasteiger partial charge on any atom is -0.461 e. The molecule has 1 saturated carbocycles. The van der Waals surface area contributed by atoms with Gasteiger partial charge in [0, 0.05) is 5.39 Å². The lowest BCUT2D eigenvalue weighted by Crippen LogP contribution is -2.60. The van der Waals surface area contributed by atoms with E-state index in [0.717, 1.165) is 11.8 Å². The number of furan rings is 1. The number of nitrogens with two attached hydrogens (primary N) is 1. The monoisotopic (exact) mass is 506 g/mol. The molecule has 4 rings (SSSR count). The maximum atomic E-state index is 13.5. The van der Waals surface area contributed by atoms with Crippen LogP contribution in [0.1, 0.15) is 73.2 Å². The van der Waals surface area contributed by atoms with Crippen LogP contribution in [0.4, 0.5) is 0 Å². The zero-order valence-electron chi connectivity index (χ0n) is 22.4. The molecule has 3 aromatic rings. The Balaban J connectivity index is 1.58. The molecule has 2 aromatic carbocycles. The molecule has 6 nitrogen and oxygen atoms in total. The van der Waals surface area contributed by atoms with Crippen molar-refractivity contribution < 1.29 is 18.4 Å². The van der Waals surface area contributed by atoms with Crippen LogP contribution < -0.4 is 11.1 Å². The highest BCUT2D eigenvalue weighted by molar-refractivity contribution is 6.74. The van der Waals surface area contributed by atoms with E-state index in [9.17, 15) is 9.59 Å². The van der Waals surface area contributed by atoms with Crippen molar-refractivity contribution in [2.45, 2.75) is 76.5 Å². The molecule has 3 N–H and O–H groups in total. The molecular formula is C29H38N2O4Si. The standard InChI is InChI=1S/C29H38N2O4Si/c1-18-25(26(32)31-29(5,27(30)33)17-34-36(6,7)28(2,3)4)23-15-20(13-14-24(23)35-18)22-16-21(22)19-11-9-8-10-12-19/h8-15,21-22H,16-17H2,1-7H3,(H2,30,33)(H,31,32). The SMILES string of the molecule is Cc1oc2ccc(C3CC3c3ccccc3)cc2c1C(=O)NC(C)(CO[Si](C)(C)C(C)(C)C)C(N)=O. The largest absolute Gasteiger partial charge is 0.461 e. The average molecular weight is 507 g/mol. The van der Waals surface area contributed by atoms with Gasteiger partial charge < -0.3 is 19.9 Å². The van der Waals surface area contributed by atoms with Crippen LogP contribution in [0, 0.1) is 6.92 Å². The van der Waals surface area contributed by atoms with E-state index in [2.05, 4.69) is 75.6 Å². The predicted molar refractivity (Wildman–Crippen MR) is 146 cm³/mol. The summed E-state index contributed by atoms with van der Waals surface area (Å²) in [5.41, 5.74) is 8.02. The minimum atomic E-state index is -2.16. The summed E-state index contributed by atoms with van der Waals surface area (Å²) in [5, 5.41) is 3.59. The highest BCUT2D eigenvalue weighted by atomic mass is 28.4. The third-order valence-electron chi connectivity index (χ3n) is 8.02. The molecule has 1 aliphatic rings. The molecule has 0 aliphatic heterocycles. The fourth-order valence-corrected chi connectivity index (χ4v) is 5.49. The molecule has 7 heteroatoms. The van der Waals surface area contributed by atoms with E-state index < -0.39 is 19.8 Å². The molecule has 1 heterocycles.